The lowest BCUT2D eigenvalue weighted by molar-refractivity contribution is -0.118. The van der Waals surface area contributed by atoms with E-state index in [0.717, 1.165) is 0 Å². The summed E-state index contributed by atoms with van der Waals surface area (Å²) in [4.78, 5) is 1.89. The third-order valence-corrected chi connectivity index (χ3v) is 3.28. The van der Waals surface area contributed by atoms with E-state index < -0.39 is 18.2 Å². The van der Waals surface area contributed by atoms with Crippen molar-refractivity contribution >= 4 is 0 Å². The molecule has 0 saturated heterocycles. The van der Waals surface area contributed by atoms with Crippen molar-refractivity contribution in [2.75, 3.05) is 40.5 Å². The van der Waals surface area contributed by atoms with Crippen molar-refractivity contribution in [2.24, 2.45) is 0 Å². The molecule has 119 valence electrons. The molecule has 0 aliphatic heterocycles. The molecule has 21 heavy (non-hydrogen) atoms. The quantitative estimate of drug-likeness (QED) is 0.667. The van der Waals surface area contributed by atoms with Gasteiger partial charge in [0.05, 0.1) is 6.61 Å². The van der Waals surface area contributed by atoms with Crippen molar-refractivity contribution in [3.63, 3.8) is 0 Å². The van der Waals surface area contributed by atoms with Gasteiger partial charge in [-0.2, -0.15) is 0 Å². The van der Waals surface area contributed by atoms with Gasteiger partial charge in [-0.3, -0.25) is 4.90 Å². The average Bonchev–Trinajstić information content (AvgIpc) is 2.49. The van der Waals surface area contributed by atoms with Gasteiger partial charge >= 0.3 is 0 Å². The van der Waals surface area contributed by atoms with Gasteiger partial charge in [0, 0.05) is 33.9 Å². The van der Waals surface area contributed by atoms with Crippen molar-refractivity contribution in [1.82, 2.24) is 4.90 Å². The van der Waals surface area contributed by atoms with Crippen molar-refractivity contribution in [2.45, 2.75) is 18.8 Å². The number of benzene rings is 1. The molecule has 1 radical (unpaired) electrons. The highest BCUT2D eigenvalue weighted by atomic mass is 19.1. The van der Waals surface area contributed by atoms with E-state index in [-0.39, 0.29) is 6.61 Å². The van der Waals surface area contributed by atoms with Crippen LogP contribution in [0.2, 0.25) is 0 Å². The van der Waals surface area contributed by atoms with Crippen LogP contribution in [-0.4, -0.2) is 56.8 Å². The summed E-state index contributed by atoms with van der Waals surface area (Å²) in [6.45, 7) is 1.36. The largest absolute Gasteiger partial charge is 0.395 e. The third kappa shape index (κ3) is 6.50. The summed E-state index contributed by atoms with van der Waals surface area (Å²) in [6, 6.07) is 5.74. The molecule has 0 aliphatic rings. The van der Waals surface area contributed by atoms with Crippen LogP contribution in [0.4, 0.5) is 4.39 Å². The Balaban J connectivity index is 2.51. The van der Waals surface area contributed by atoms with Crippen LogP contribution >= 0.6 is 0 Å². The Morgan fingerprint density at radius 1 is 1.29 bits per heavy atom. The molecule has 1 atom stereocenters. The van der Waals surface area contributed by atoms with Crippen molar-refractivity contribution < 1.29 is 24.1 Å². The van der Waals surface area contributed by atoms with E-state index >= 15 is 0 Å². The first-order chi connectivity index (χ1) is 10.1. The second-order valence-corrected chi connectivity index (χ2v) is 4.76. The molecule has 0 aromatic heterocycles. The Bertz CT molecular complexity index is 401. The molecular weight excluding hydrogens is 277 g/mol. The van der Waals surface area contributed by atoms with Crippen LogP contribution in [0.15, 0.2) is 24.3 Å². The van der Waals surface area contributed by atoms with Crippen molar-refractivity contribution in [3.05, 3.63) is 35.6 Å². The van der Waals surface area contributed by atoms with Crippen LogP contribution in [0, 0.1) is 5.82 Å². The average molecular weight is 300 g/mol. The summed E-state index contributed by atoms with van der Waals surface area (Å²) in [7, 11) is 3.07. The first kappa shape index (κ1) is 18.0. The minimum atomic E-state index is -0.995. The van der Waals surface area contributed by atoms with Gasteiger partial charge in [0.25, 0.3) is 0 Å². The standard InChI is InChI=1S/C15H23FNO4/c1-20-15(21-2)11-17(8-9-18)7-6-14(19)12-4-3-5-13(16)10-12/h3-5,10,14-15,18H,6-9,11H2,1-2H3. The Morgan fingerprint density at radius 2 is 2.00 bits per heavy atom. The van der Waals surface area contributed by atoms with Crippen LogP contribution in [-0.2, 0) is 14.6 Å². The Morgan fingerprint density at radius 3 is 2.57 bits per heavy atom. The molecule has 0 spiro atoms. The lowest BCUT2D eigenvalue weighted by Crippen LogP contribution is -2.37. The minimum Gasteiger partial charge on any atom is -0.395 e. The molecule has 1 unspecified atom stereocenters. The number of methoxy groups -OCH3 is 2. The van der Waals surface area contributed by atoms with E-state index in [2.05, 4.69) is 0 Å². The lowest BCUT2D eigenvalue weighted by atomic mass is 10.1. The monoisotopic (exact) mass is 300 g/mol. The molecule has 6 heteroatoms. The summed E-state index contributed by atoms with van der Waals surface area (Å²) in [5, 5.41) is 21.2. The number of hydrogen-bond acceptors (Lipinski definition) is 4. The molecule has 0 amide bonds. The van der Waals surface area contributed by atoms with Gasteiger partial charge in [-0.15, -0.1) is 0 Å². The van der Waals surface area contributed by atoms with E-state index in [1.807, 2.05) is 4.90 Å². The maximum absolute atomic E-state index is 13.1. The summed E-state index contributed by atoms with van der Waals surface area (Å²) < 4.78 is 23.3. The zero-order chi connectivity index (χ0) is 15.7. The van der Waals surface area contributed by atoms with Gasteiger partial charge < -0.3 is 14.6 Å². The highest BCUT2D eigenvalue weighted by molar-refractivity contribution is 5.18. The highest BCUT2D eigenvalue weighted by Crippen LogP contribution is 2.18. The zero-order valence-electron chi connectivity index (χ0n) is 12.5. The summed E-state index contributed by atoms with van der Waals surface area (Å²) in [6.07, 6.45) is -1.08. The Kier molecular flexibility index (Phi) is 8.41. The van der Waals surface area contributed by atoms with Crippen LogP contribution in [0.5, 0.6) is 0 Å². The first-order valence-electron chi connectivity index (χ1n) is 6.90. The molecule has 0 saturated carbocycles. The number of hydrogen-bond donors (Lipinski definition) is 1. The smallest absolute Gasteiger partial charge is 0.169 e. The van der Waals surface area contributed by atoms with Gasteiger partial charge in [-0.1, -0.05) is 12.1 Å². The lowest BCUT2D eigenvalue weighted by Gasteiger charge is -2.26. The normalized spacial score (nSPS) is 13.1. The molecule has 1 aromatic carbocycles. The predicted molar refractivity (Wildman–Crippen MR) is 75.8 cm³/mol. The van der Waals surface area contributed by atoms with Gasteiger partial charge in [0.15, 0.2) is 6.29 Å². The predicted octanol–water partition coefficient (Wildman–Crippen LogP) is 1.60. The number of nitrogens with zero attached hydrogens (tertiary/aromatic N) is 1. The molecule has 1 rings (SSSR count). The molecule has 0 heterocycles. The van der Waals surface area contributed by atoms with Crippen LogP contribution in [0.1, 0.15) is 18.1 Å². The second kappa shape index (κ2) is 9.81. The van der Waals surface area contributed by atoms with Crippen molar-refractivity contribution in [1.29, 1.82) is 0 Å². The number of ether oxygens (including phenoxy) is 2. The van der Waals surface area contributed by atoms with Crippen LogP contribution < -0.4 is 0 Å². The number of aliphatic hydroxyl groups excluding tert-OH is 1. The zero-order valence-corrected chi connectivity index (χ0v) is 12.5. The van der Waals surface area contributed by atoms with E-state index in [1.54, 1.807) is 6.07 Å². The SMILES string of the molecule is COC(CN(CCO)CCC([O])c1cccc(F)c1)OC. The van der Waals surface area contributed by atoms with Crippen molar-refractivity contribution in [3.8, 4) is 0 Å². The second-order valence-electron chi connectivity index (χ2n) is 4.76. The van der Waals surface area contributed by atoms with Crippen LogP contribution in [0.25, 0.3) is 0 Å². The van der Waals surface area contributed by atoms with E-state index in [9.17, 15) is 9.50 Å². The first-order valence-corrected chi connectivity index (χ1v) is 6.90. The molecule has 0 bridgehead atoms. The number of halogens is 1. The highest BCUT2D eigenvalue weighted by Gasteiger charge is 2.16. The van der Waals surface area contributed by atoms with Gasteiger partial charge in [0.2, 0.25) is 0 Å². The van der Waals surface area contributed by atoms with Gasteiger partial charge in [0.1, 0.15) is 11.9 Å². The van der Waals surface area contributed by atoms with Crippen LogP contribution in [0.3, 0.4) is 0 Å². The maximum atomic E-state index is 13.1. The van der Waals surface area contributed by atoms with Gasteiger partial charge in [-0.25, -0.2) is 9.50 Å². The van der Waals surface area contributed by atoms with Gasteiger partial charge in [-0.05, 0) is 24.1 Å². The topological polar surface area (TPSA) is 61.8 Å². The van der Waals surface area contributed by atoms with E-state index in [0.29, 0.717) is 31.6 Å². The molecule has 1 aromatic rings. The molecule has 0 aliphatic carbocycles. The summed E-state index contributed by atoms with van der Waals surface area (Å²) >= 11 is 0. The third-order valence-electron chi connectivity index (χ3n) is 3.28. The molecular formula is C15H23FNO4. The Labute approximate surface area is 124 Å². The number of rotatable bonds is 10. The van der Waals surface area contributed by atoms with E-state index in [4.69, 9.17) is 14.6 Å². The number of aliphatic hydroxyl groups is 1. The molecule has 0 fully saturated rings. The maximum Gasteiger partial charge on any atom is 0.169 e. The fourth-order valence-electron chi connectivity index (χ4n) is 2.07. The fourth-order valence-corrected chi connectivity index (χ4v) is 2.07. The molecule has 1 N–H and O–H groups in total. The Hall–Kier alpha value is -1.05. The summed E-state index contributed by atoms with van der Waals surface area (Å²) in [5.74, 6) is -0.403. The van der Waals surface area contributed by atoms with E-state index in [1.165, 1.54) is 32.4 Å². The minimum absolute atomic E-state index is 0.0103. The summed E-state index contributed by atoms with van der Waals surface area (Å²) in [5.41, 5.74) is 0.439. The fraction of sp³-hybridized carbons (Fsp3) is 0.600. The molecule has 5 nitrogen and oxygen atoms in total.